The molecule has 3 saturated carbocycles. The van der Waals surface area contributed by atoms with Crippen LogP contribution in [0.3, 0.4) is 0 Å². The van der Waals surface area contributed by atoms with E-state index in [1.807, 2.05) is 0 Å². The van der Waals surface area contributed by atoms with Crippen molar-refractivity contribution in [1.29, 1.82) is 0 Å². The Hall–Kier alpha value is -0.340. The van der Waals surface area contributed by atoms with E-state index >= 15 is 0 Å². The SMILES string of the molecule is C[C@]12CC[C@H]3[C@@H](CCC4C[C@@H](O)C=C[C@@]43C)[C@@H]1CC[C@@H]2N. The fraction of sp³-hybridized carbons (Fsp3) is 0.895. The van der Waals surface area contributed by atoms with Crippen LogP contribution in [0.5, 0.6) is 0 Å². The second-order valence-corrected chi connectivity index (χ2v) is 8.91. The lowest BCUT2D eigenvalue weighted by Gasteiger charge is -2.59. The van der Waals surface area contributed by atoms with Crippen molar-refractivity contribution in [2.24, 2.45) is 40.2 Å². The van der Waals surface area contributed by atoms with Gasteiger partial charge in [-0.1, -0.05) is 26.0 Å². The van der Waals surface area contributed by atoms with Gasteiger partial charge >= 0.3 is 0 Å². The summed E-state index contributed by atoms with van der Waals surface area (Å²) >= 11 is 0. The van der Waals surface area contributed by atoms with E-state index in [0.29, 0.717) is 22.8 Å². The molecule has 0 heterocycles. The minimum atomic E-state index is -0.201. The van der Waals surface area contributed by atoms with Crippen LogP contribution >= 0.6 is 0 Å². The van der Waals surface area contributed by atoms with Crippen LogP contribution in [-0.4, -0.2) is 17.3 Å². The summed E-state index contributed by atoms with van der Waals surface area (Å²) in [6.07, 6.45) is 13.2. The van der Waals surface area contributed by atoms with Crippen molar-refractivity contribution in [1.82, 2.24) is 0 Å². The number of aliphatic hydroxyl groups is 1. The molecule has 8 atom stereocenters. The lowest BCUT2D eigenvalue weighted by Crippen LogP contribution is -2.54. The maximum atomic E-state index is 9.98. The Morgan fingerprint density at radius 3 is 2.67 bits per heavy atom. The van der Waals surface area contributed by atoms with Gasteiger partial charge in [-0.25, -0.2) is 0 Å². The lowest BCUT2D eigenvalue weighted by atomic mass is 9.46. The van der Waals surface area contributed by atoms with Crippen molar-refractivity contribution < 1.29 is 5.11 Å². The molecule has 21 heavy (non-hydrogen) atoms. The van der Waals surface area contributed by atoms with Crippen LogP contribution in [0.2, 0.25) is 0 Å². The molecule has 0 aromatic rings. The molecule has 0 aromatic carbocycles. The van der Waals surface area contributed by atoms with Crippen LogP contribution < -0.4 is 5.73 Å². The summed E-state index contributed by atoms with van der Waals surface area (Å²) in [6.45, 7) is 4.95. The topological polar surface area (TPSA) is 46.2 Å². The second-order valence-electron chi connectivity index (χ2n) is 8.91. The standard InChI is InChI=1S/C19H31NO/c1-18-9-7-13(21)11-12(18)3-4-14-15-5-6-17(20)19(15,2)10-8-16(14)18/h7,9,12-17,21H,3-6,8,10-11,20H2,1-2H3/t12?,13-,14-,15-,16-,17-,18-,19-/m0/s1. The minimum absolute atomic E-state index is 0.201. The molecular formula is C19H31NO. The predicted octanol–water partition coefficient (Wildman–Crippen LogP) is 3.49. The molecule has 4 aliphatic carbocycles. The third kappa shape index (κ3) is 1.84. The molecule has 0 aromatic heterocycles. The van der Waals surface area contributed by atoms with Gasteiger partial charge in [-0.2, -0.15) is 0 Å². The fourth-order valence-corrected chi connectivity index (χ4v) is 6.83. The van der Waals surface area contributed by atoms with Crippen molar-refractivity contribution in [2.45, 2.75) is 70.9 Å². The number of allylic oxidation sites excluding steroid dienone is 1. The summed E-state index contributed by atoms with van der Waals surface area (Å²) in [5.74, 6) is 3.24. The molecule has 1 unspecified atom stereocenters. The molecule has 118 valence electrons. The van der Waals surface area contributed by atoms with Gasteiger partial charge in [0, 0.05) is 6.04 Å². The van der Waals surface area contributed by atoms with E-state index in [1.165, 1.54) is 38.5 Å². The number of nitrogens with two attached hydrogens (primary N) is 1. The summed E-state index contributed by atoms with van der Waals surface area (Å²) in [6, 6.07) is 0.428. The first-order valence-electron chi connectivity index (χ1n) is 9.08. The summed E-state index contributed by atoms with van der Waals surface area (Å²) in [5.41, 5.74) is 7.22. The Bertz CT molecular complexity index is 460. The van der Waals surface area contributed by atoms with Crippen molar-refractivity contribution in [3.63, 3.8) is 0 Å². The zero-order valence-corrected chi connectivity index (χ0v) is 13.6. The molecule has 0 amide bonds. The average Bonchev–Trinajstić information content (AvgIpc) is 2.76. The number of rotatable bonds is 0. The highest BCUT2D eigenvalue weighted by Crippen LogP contribution is 2.64. The lowest BCUT2D eigenvalue weighted by molar-refractivity contribution is -0.0789. The monoisotopic (exact) mass is 289 g/mol. The first-order chi connectivity index (χ1) is 9.95. The molecule has 3 N–H and O–H groups in total. The maximum absolute atomic E-state index is 9.98. The van der Waals surface area contributed by atoms with E-state index in [1.54, 1.807) is 0 Å². The Balaban J connectivity index is 1.67. The van der Waals surface area contributed by atoms with E-state index in [2.05, 4.69) is 26.0 Å². The highest BCUT2D eigenvalue weighted by molar-refractivity contribution is 5.17. The quantitative estimate of drug-likeness (QED) is 0.671. The molecule has 0 aliphatic heterocycles. The third-order valence-electron chi connectivity index (χ3n) is 8.24. The van der Waals surface area contributed by atoms with E-state index in [-0.39, 0.29) is 6.10 Å². The molecule has 4 rings (SSSR count). The largest absolute Gasteiger partial charge is 0.389 e. The molecular weight excluding hydrogens is 258 g/mol. The Morgan fingerprint density at radius 1 is 1.05 bits per heavy atom. The number of hydrogen-bond acceptors (Lipinski definition) is 2. The smallest absolute Gasteiger partial charge is 0.0724 e. The van der Waals surface area contributed by atoms with Crippen LogP contribution in [0, 0.1) is 34.5 Å². The van der Waals surface area contributed by atoms with Crippen LogP contribution in [-0.2, 0) is 0 Å². The van der Waals surface area contributed by atoms with Crippen LogP contribution in [0.1, 0.15) is 58.8 Å². The number of aliphatic hydroxyl groups excluding tert-OH is 1. The third-order valence-corrected chi connectivity index (χ3v) is 8.24. The molecule has 0 bridgehead atoms. The molecule has 2 heteroatoms. The summed E-state index contributed by atoms with van der Waals surface area (Å²) in [7, 11) is 0. The normalized spacial score (nSPS) is 59.2. The van der Waals surface area contributed by atoms with Gasteiger partial charge in [-0.15, -0.1) is 0 Å². The van der Waals surface area contributed by atoms with Crippen LogP contribution in [0.25, 0.3) is 0 Å². The summed E-state index contributed by atoms with van der Waals surface area (Å²) < 4.78 is 0. The summed E-state index contributed by atoms with van der Waals surface area (Å²) in [5, 5.41) is 9.98. The maximum Gasteiger partial charge on any atom is 0.0724 e. The molecule has 4 aliphatic rings. The van der Waals surface area contributed by atoms with Crippen molar-refractivity contribution in [2.75, 3.05) is 0 Å². The van der Waals surface area contributed by atoms with Gasteiger partial charge in [0.05, 0.1) is 6.10 Å². The van der Waals surface area contributed by atoms with Gasteiger partial charge in [0.1, 0.15) is 0 Å². The van der Waals surface area contributed by atoms with Gasteiger partial charge in [0.2, 0.25) is 0 Å². The Morgan fingerprint density at radius 2 is 1.86 bits per heavy atom. The van der Waals surface area contributed by atoms with Crippen LogP contribution in [0.15, 0.2) is 12.2 Å². The first kappa shape index (κ1) is 14.3. The van der Waals surface area contributed by atoms with E-state index in [4.69, 9.17) is 5.73 Å². The Labute approximate surface area is 129 Å². The van der Waals surface area contributed by atoms with Gasteiger partial charge in [0.15, 0.2) is 0 Å². The van der Waals surface area contributed by atoms with Gasteiger partial charge in [-0.3, -0.25) is 0 Å². The van der Waals surface area contributed by atoms with Gasteiger partial charge in [-0.05, 0) is 79.4 Å². The van der Waals surface area contributed by atoms with Gasteiger partial charge in [0.25, 0.3) is 0 Å². The Kier molecular flexibility index (Phi) is 3.11. The predicted molar refractivity (Wildman–Crippen MR) is 85.6 cm³/mol. The van der Waals surface area contributed by atoms with Crippen molar-refractivity contribution >= 4 is 0 Å². The highest BCUT2D eigenvalue weighted by atomic mass is 16.3. The molecule has 0 spiro atoms. The first-order valence-corrected chi connectivity index (χ1v) is 9.08. The van der Waals surface area contributed by atoms with Crippen molar-refractivity contribution in [3.8, 4) is 0 Å². The minimum Gasteiger partial charge on any atom is -0.389 e. The number of hydrogen-bond donors (Lipinski definition) is 2. The zero-order valence-electron chi connectivity index (χ0n) is 13.6. The van der Waals surface area contributed by atoms with E-state index < -0.39 is 0 Å². The fourth-order valence-electron chi connectivity index (χ4n) is 6.83. The van der Waals surface area contributed by atoms with Gasteiger partial charge < -0.3 is 10.8 Å². The zero-order chi connectivity index (χ0) is 14.8. The molecule has 0 saturated heterocycles. The second kappa shape index (κ2) is 4.58. The summed E-state index contributed by atoms with van der Waals surface area (Å²) in [4.78, 5) is 0. The molecule has 3 fully saturated rings. The van der Waals surface area contributed by atoms with E-state index in [0.717, 1.165) is 24.2 Å². The molecule has 2 nitrogen and oxygen atoms in total. The van der Waals surface area contributed by atoms with Crippen LogP contribution in [0.4, 0.5) is 0 Å². The number of fused-ring (bicyclic) bond motifs is 5. The average molecular weight is 289 g/mol. The molecule has 0 radical (unpaired) electrons. The highest BCUT2D eigenvalue weighted by Gasteiger charge is 2.58. The van der Waals surface area contributed by atoms with Crippen molar-refractivity contribution in [3.05, 3.63) is 12.2 Å². The van der Waals surface area contributed by atoms with E-state index in [9.17, 15) is 5.11 Å².